The van der Waals surface area contributed by atoms with E-state index in [1.54, 1.807) is 12.1 Å². The van der Waals surface area contributed by atoms with Crippen LogP contribution in [-0.4, -0.2) is 25.0 Å². The number of amides is 2. The molecule has 0 heterocycles. The van der Waals surface area contributed by atoms with E-state index in [1.165, 1.54) is 6.92 Å². The quantitative estimate of drug-likeness (QED) is 0.822. The van der Waals surface area contributed by atoms with Crippen molar-refractivity contribution in [2.75, 3.05) is 18.5 Å². The molecule has 2 aromatic rings. The number of nitrogens with one attached hydrogen (secondary N) is 2. The molecule has 0 unspecified atom stereocenters. The van der Waals surface area contributed by atoms with E-state index in [1.807, 2.05) is 43.3 Å². The van der Waals surface area contributed by atoms with Crippen molar-refractivity contribution in [2.24, 2.45) is 0 Å². The SMILES string of the molecule is CCOc1ccc(CCNC(=O)c2ccccc2)cc1NC(C)=O. The molecule has 0 bridgehead atoms. The minimum atomic E-state index is -0.148. The lowest BCUT2D eigenvalue weighted by Crippen LogP contribution is -2.25. The average Bonchev–Trinajstić information content (AvgIpc) is 2.57. The number of ether oxygens (including phenoxy) is 1. The molecule has 0 radical (unpaired) electrons. The third-order valence-electron chi connectivity index (χ3n) is 3.39. The van der Waals surface area contributed by atoms with Crippen LogP contribution >= 0.6 is 0 Å². The zero-order chi connectivity index (χ0) is 17.4. The Kier molecular flexibility index (Phi) is 6.37. The Balaban J connectivity index is 1.97. The van der Waals surface area contributed by atoms with E-state index in [0.29, 0.717) is 36.6 Å². The molecule has 126 valence electrons. The molecule has 2 amide bonds. The first-order chi connectivity index (χ1) is 11.6. The molecule has 24 heavy (non-hydrogen) atoms. The summed E-state index contributed by atoms with van der Waals surface area (Å²) in [6.07, 6.45) is 0.664. The van der Waals surface area contributed by atoms with E-state index < -0.39 is 0 Å². The van der Waals surface area contributed by atoms with Crippen molar-refractivity contribution in [3.05, 3.63) is 59.7 Å². The number of carbonyl (C=O) groups is 2. The third kappa shape index (κ3) is 5.12. The Morgan fingerprint density at radius 1 is 1.08 bits per heavy atom. The smallest absolute Gasteiger partial charge is 0.251 e. The summed E-state index contributed by atoms with van der Waals surface area (Å²) in [6.45, 7) is 4.40. The highest BCUT2D eigenvalue weighted by Crippen LogP contribution is 2.26. The van der Waals surface area contributed by atoms with Gasteiger partial charge in [-0.2, -0.15) is 0 Å². The first-order valence-electron chi connectivity index (χ1n) is 7.96. The zero-order valence-corrected chi connectivity index (χ0v) is 14.0. The van der Waals surface area contributed by atoms with Crippen molar-refractivity contribution in [2.45, 2.75) is 20.3 Å². The topological polar surface area (TPSA) is 67.4 Å². The van der Waals surface area contributed by atoms with Gasteiger partial charge in [-0.05, 0) is 43.2 Å². The summed E-state index contributed by atoms with van der Waals surface area (Å²) in [6, 6.07) is 14.7. The Morgan fingerprint density at radius 3 is 2.50 bits per heavy atom. The van der Waals surface area contributed by atoms with E-state index in [4.69, 9.17) is 4.74 Å². The van der Waals surface area contributed by atoms with Gasteiger partial charge in [-0.25, -0.2) is 0 Å². The third-order valence-corrected chi connectivity index (χ3v) is 3.39. The average molecular weight is 326 g/mol. The van der Waals surface area contributed by atoms with E-state index in [0.717, 1.165) is 5.56 Å². The Labute approximate surface area is 142 Å². The summed E-state index contributed by atoms with van der Waals surface area (Å²) < 4.78 is 5.51. The van der Waals surface area contributed by atoms with Gasteiger partial charge in [0.1, 0.15) is 5.75 Å². The highest BCUT2D eigenvalue weighted by molar-refractivity contribution is 5.94. The van der Waals surface area contributed by atoms with Crippen LogP contribution in [0.3, 0.4) is 0 Å². The van der Waals surface area contributed by atoms with Crippen LogP contribution in [0.1, 0.15) is 29.8 Å². The maximum Gasteiger partial charge on any atom is 0.251 e. The summed E-state index contributed by atoms with van der Waals surface area (Å²) >= 11 is 0. The predicted octanol–water partition coefficient (Wildman–Crippen LogP) is 3.02. The monoisotopic (exact) mass is 326 g/mol. The van der Waals surface area contributed by atoms with Crippen molar-refractivity contribution in [1.82, 2.24) is 5.32 Å². The molecule has 0 atom stereocenters. The maximum atomic E-state index is 12.0. The highest BCUT2D eigenvalue weighted by Gasteiger charge is 2.08. The second kappa shape index (κ2) is 8.72. The standard InChI is InChI=1S/C19H22N2O3/c1-3-24-18-10-9-15(13-17(18)21-14(2)22)11-12-20-19(23)16-7-5-4-6-8-16/h4-10,13H,3,11-12H2,1-2H3,(H,20,23)(H,21,22). The first-order valence-corrected chi connectivity index (χ1v) is 7.96. The van der Waals surface area contributed by atoms with Crippen LogP contribution in [-0.2, 0) is 11.2 Å². The van der Waals surface area contributed by atoms with Crippen LogP contribution in [0.15, 0.2) is 48.5 Å². The molecule has 2 aromatic carbocycles. The molecule has 2 rings (SSSR count). The molecule has 0 aliphatic rings. The van der Waals surface area contributed by atoms with E-state index in [2.05, 4.69) is 10.6 Å². The molecular formula is C19H22N2O3. The first kappa shape index (κ1) is 17.5. The minimum absolute atomic E-state index is 0.0939. The van der Waals surface area contributed by atoms with E-state index in [-0.39, 0.29) is 11.8 Å². The number of carbonyl (C=O) groups excluding carboxylic acids is 2. The summed E-state index contributed by atoms with van der Waals surface area (Å²) in [7, 11) is 0. The van der Waals surface area contributed by atoms with Gasteiger partial charge in [-0.3, -0.25) is 9.59 Å². The van der Waals surface area contributed by atoms with Crippen LogP contribution < -0.4 is 15.4 Å². The number of rotatable bonds is 7. The van der Waals surface area contributed by atoms with Gasteiger partial charge in [0, 0.05) is 19.0 Å². The van der Waals surface area contributed by atoms with Gasteiger partial charge in [-0.1, -0.05) is 24.3 Å². The van der Waals surface area contributed by atoms with Crippen LogP contribution in [0, 0.1) is 0 Å². The largest absolute Gasteiger partial charge is 0.492 e. The van der Waals surface area contributed by atoms with Crippen molar-refractivity contribution < 1.29 is 14.3 Å². The molecule has 0 spiro atoms. The summed E-state index contributed by atoms with van der Waals surface area (Å²) in [5.74, 6) is 0.402. The second-order valence-electron chi connectivity index (χ2n) is 5.32. The molecule has 0 aromatic heterocycles. The molecule has 0 aliphatic carbocycles. The Morgan fingerprint density at radius 2 is 1.83 bits per heavy atom. The van der Waals surface area contributed by atoms with Gasteiger partial charge in [0.25, 0.3) is 5.91 Å². The lowest BCUT2D eigenvalue weighted by Gasteiger charge is -2.12. The molecule has 0 fully saturated rings. The summed E-state index contributed by atoms with van der Waals surface area (Å²) in [4.78, 5) is 23.3. The normalized spacial score (nSPS) is 10.1. The van der Waals surface area contributed by atoms with Gasteiger partial charge < -0.3 is 15.4 Å². The Bertz CT molecular complexity index is 699. The molecule has 0 aliphatic heterocycles. The van der Waals surface area contributed by atoms with E-state index >= 15 is 0 Å². The van der Waals surface area contributed by atoms with Crippen molar-refractivity contribution in [1.29, 1.82) is 0 Å². The molecular weight excluding hydrogens is 304 g/mol. The minimum Gasteiger partial charge on any atom is -0.492 e. The van der Waals surface area contributed by atoms with Gasteiger partial charge in [0.15, 0.2) is 0 Å². The molecule has 5 heteroatoms. The number of hydrogen-bond acceptors (Lipinski definition) is 3. The number of hydrogen-bond donors (Lipinski definition) is 2. The van der Waals surface area contributed by atoms with Gasteiger partial charge in [0.2, 0.25) is 5.91 Å². The molecule has 0 saturated heterocycles. The van der Waals surface area contributed by atoms with Crippen LogP contribution in [0.5, 0.6) is 5.75 Å². The number of benzene rings is 2. The lowest BCUT2D eigenvalue weighted by atomic mass is 10.1. The van der Waals surface area contributed by atoms with Crippen LogP contribution in [0.2, 0.25) is 0 Å². The van der Waals surface area contributed by atoms with Crippen molar-refractivity contribution in [3.8, 4) is 5.75 Å². The number of anilines is 1. The fraction of sp³-hybridized carbons (Fsp3) is 0.263. The molecule has 0 saturated carbocycles. The fourth-order valence-electron chi connectivity index (χ4n) is 2.31. The van der Waals surface area contributed by atoms with Crippen molar-refractivity contribution in [3.63, 3.8) is 0 Å². The van der Waals surface area contributed by atoms with Crippen LogP contribution in [0.25, 0.3) is 0 Å². The zero-order valence-electron chi connectivity index (χ0n) is 14.0. The molecule has 5 nitrogen and oxygen atoms in total. The van der Waals surface area contributed by atoms with Gasteiger partial charge >= 0.3 is 0 Å². The molecule has 2 N–H and O–H groups in total. The summed E-state index contributed by atoms with van der Waals surface area (Å²) in [5.41, 5.74) is 2.30. The van der Waals surface area contributed by atoms with Gasteiger partial charge in [0.05, 0.1) is 12.3 Å². The van der Waals surface area contributed by atoms with Gasteiger partial charge in [-0.15, -0.1) is 0 Å². The fourth-order valence-corrected chi connectivity index (χ4v) is 2.31. The predicted molar refractivity (Wildman–Crippen MR) is 94.4 cm³/mol. The Hall–Kier alpha value is -2.82. The van der Waals surface area contributed by atoms with Crippen molar-refractivity contribution >= 4 is 17.5 Å². The highest BCUT2D eigenvalue weighted by atomic mass is 16.5. The second-order valence-corrected chi connectivity index (χ2v) is 5.32. The summed E-state index contributed by atoms with van der Waals surface area (Å²) in [5, 5.41) is 5.66. The van der Waals surface area contributed by atoms with E-state index in [9.17, 15) is 9.59 Å². The maximum absolute atomic E-state index is 12.0. The van der Waals surface area contributed by atoms with Crippen LogP contribution in [0.4, 0.5) is 5.69 Å². The lowest BCUT2D eigenvalue weighted by molar-refractivity contribution is -0.114.